The van der Waals surface area contributed by atoms with E-state index in [1.165, 1.54) is 16.7 Å². The highest BCUT2D eigenvalue weighted by Crippen LogP contribution is 2.14. The van der Waals surface area contributed by atoms with Gasteiger partial charge in [-0.25, -0.2) is 9.59 Å². The molecule has 0 radical (unpaired) electrons. The van der Waals surface area contributed by atoms with Gasteiger partial charge in [0.25, 0.3) is 0 Å². The summed E-state index contributed by atoms with van der Waals surface area (Å²) >= 11 is 0. The van der Waals surface area contributed by atoms with E-state index in [1.54, 1.807) is 0 Å². The first-order chi connectivity index (χ1) is 16.4. The zero-order chi connectivity index (χ0) is 24.8. The van der Waals surface area contributed by atoms with Gasteiger partial charge in [-0.2, -0.15) is 5.26 Å². The van der Waals surface area contributed by atoms with Gasteiger partial charge in [0.15, 0.2) is 0 Å². The largest absolute Gasteiger partial charge is 0.473 e. The van der Waals surface area contributed by atoms with Crippen LogP contribution in [0.2, 0.25) is 0 Å². The van der Waals surface area contributed by atoms with Crippen molar-refractivity contribution in [2.24, 2.45) is 0 Å². The van der Waals surface area contributed by atoms with Gasteiger partial charge in [0.1, 0.15) is 0 Å². The summed E-state index contributed by atoms with van der Waals surface area (Å²) in [6, 6.07) is 19.6. The van der Waals surface area contributed by atoms with Crippen molar-refractivity contribution in [2.45, 2.75) is 26.1 Å². The SMILES string of the molecule is CN(CCC#N)c1ccc(CNCc2ccc(CN3CCOCC3)cc2)cc1.O=C(O)C(=O)O. The molecule has 1 aliphatic rings. The van der Waals surface area contributed by atoms with Crippen LogP contribution in [0.3, 0.4) is 0 Å². The lowest BCUT2D eigenvalue weighted by Gasteiger charge is -2.26. The number of benzene rings is 2. The molecule has 0 aromatic heterocycles. The molecule has 9 nitrogen and oxygen atoms in total. The van der Waals surface area contributed by atoms with Crippen LogP contribution in [0.4, 0.5) is 5.69 Å². The zero-order valence-electron chi connectivity index (χ0n) is 19.4. The van der Waals surface area contributed by atoms with Gasteiger partial charge in [-0.05, 0) is 28.8 Å². The van der Waals surface area contributed by atoms with Crippen molar-refractivity contribution in [1.29, 1.82) is 5.26 Å². The molecule has 1 heterocycles. The van der Waals surface area contributed by atoms with E-state index in [9.17, 15) is 0 Å². The van der Waals surface area contributed by atoms with Gasteiger partial charge in [0.2, 0.25) is 0 Å². The first-order valence-corrected chi connectivity index (χ1v) is 11.1. The molecule has 34 heavy (non-hydrogen) atoms. The molecular formula is C25H32N4O5. The molecule has 2 aromatic rings. The molecule has 0 spiro atoms. The van der Waals surface area contributed by atoms with Crippen LogP contribution >= 0.6 is 0 Å². The standard InChI is InChI=1S/C23H30N4O.C2H2O4/c1-26(12-2-11-24)23-9-7-21(8-10-23)18-25-17-20-3-5-22(6-4-20)19-27-13-15-28-16-14-27;3-1(4)2(5)6/h3-10,25H,2,12-19H2,1H3;(H,3,4)(H,5,6). The molecule has 0 aliphatic carbocycles. The van der Waals surface area contributed by atoms with E-state index in [1.807, 2.05) is 7.05 Å². The van der Waals surface area contributed by atoms with Crippen molar-refractivity contribution in [3.05, 3.63) is 65.2 Å². The second kappa shape index (κ2) is 14.6. The van der Waals surface area contributed by atoms with E-state index < -0.39 is 11.9 Å². The number of aliphatic carboxylic acids is 2. The summed E-state index contributed by atoms with van der Waals surface area (Å²) in [5.41, 5.74) is 5.08. The Morgan fingerprint density at radius 1 is 0.971 bits per heavy atom. The van der Waals surface area contributed by atoms with Crippen molar-refractivity contribution in [3.8, 4) is 6.07 Å². The number of nitrogens with zero attached hydrogens (tertiary/aromatic N) is 3. The van der Waals surface area contributed by atoms with Gasteiger partial charge in [-0.15, -0.1) is 0 Å². The van der Waals surface area contributed by atoms with Crippen LogP contribution in [0, 0.1) is 11.3 Å². The Balaban J connectivity index is 0.000000604. The molecule has 0 unspecified atom stereocenters. The average Bonchev–Trinajstić information content (AvgIpc) is 2.85. The van der Waals surface area contributed by atoms with Crippen molar-refractivity contribution >= 4 is 17.6 Å². The molecule has 182 valence electrons. The maximum Gasteiger partial charge on any atom is 0.414 e. The summed E-state index contributed by atoms with van der Waals surface area (Å²) in [6.45, 7) is 7.21. The van der Waals surface area contributed by atoms with Crippen LogP contribution in [0.15, 0.2) is 48.5 Å². The fourth-order valence-corrected chi connectivity index (χ4v) is 3.35. The predicted octanol–water partition coefficient (Wildman–Crippen LogP) is 2.31. The first kappa shape index (κ1) is 26.8. The summed E-state index contributed by atoms with van der Waals surface area (Å²) in [5, 5.41) is 27.0. The monoisotopic (exact) mass is 468 g/mol. The molecule has 3 rings (SSSR count). The van der Waals surface area contributed by atoms with E-state index in [2.05, 4.69) is 69.7 Å². The fraction of sp³-hybridized carbons (Fsp3) is 0.400. The van der Waals surface area contributed by atoms with Crippen molar-refractivity contribution in [2.75, 3.05) is 44.8 Å². The minimum atomic E-state index is -1.82. The van der Waals surface area contributed by atoms with E-state index in [4.69, 9.17) is 29.8 Å². The van der Waals surface area contributed by atoms with E-state index in [-0.39, 0.29) is 0 Å². The summed E-state index contributed by atoms with van der Waals surface area (Å²) in [4.78, 5) is 22.8. The summed E-state index contributed by atoms with van der Waals surface area (Å²) in [6.07, 6.45) is 0.547. The number of nitriles is 1. The zero-order valence-corrected chi connectivity index (χ0v) is 19.4. The van der Waals surface area contributed by atoms with Crippen molar-refractivity contribution < 1.29 is 24.5 Å². The Kier molecular flexibility index (Phi) is 11.5. The lowest BCUT2D eigenvalue weighted by Crippen LogP contribution is -2.35. The molecule has 3 N–H and O–H groups in total. The Bertz CT molecular complexity index is 923. The van der Waals surface area contributed by atoms with Gasteiger partial charge < -0.3 is 25.2 Å². The van der Waals surface area contributed by atoms with Gasteiger partial charge in [0, 0.05) is 52.0 Å². The summed E-state index contributed by atoms with van der Waals surface area (Å²) < 4.78 is 5.41. The van der Waals surface area contributed by atoms with Gasteiger partial charge >= 0.3 is 11.9 Å². The third-order valence-corrected chi connectivity index (χ3v) is 5.31. The number of anilines is 1. The van der Waals surface area contributed by atoms with Gasteiger partial charge in [0.05, 0.1) is 25.7 Å². The molecule has 2 aromatic carbocycles. The quantitative estimate of drug-likeness (QED) is 0.475. The second-order valence-corrected chi connectivity index (χ2v) is 7.91. The number of rotatable bonds is 9. The number of carboxylic acids is 2. The summed E-state index contributed by atoms with van der Waals surface area (Å²) in [5.74, 6) is -3.65. The van der Waals surface area contributed by atoms with Crippen LogP contribution in [0.25, 0.3) is 0 Å². The van der Waals surface area contributed by atoms with Crippen LogP contribution in [-0.2, 0) is 34.0 Å². The number of nitrogens with one attached hydrogen (secondary N) is 1. The Morgan fingerprint density at radius 3 is 1.97 bits per heavy atom. The van der Waals surface area contributed by atoms with Crippen LogP contribution in [0.1, 0.15) is 23.1 Å². The first-order valence-electron chi connectivity index (χ1n) is 11.1. The maximum atomic E-state index is 9.10. The number of morpholine rings is 1. The molecule has 1 aliphatic heterocycles. The Morgan fingerprint density at radius 2 is 1.47 bits per heavy atom. The molecule has 0 bridgehead atoms. The van der Waals surface area contributed by atoms with E-state index >= 15 is 0 Å². The molecule has 9 heteroatoms. The van der Waals surface area contributed by atoms with Crippen molar-refractivity contribution in [3.63, 3.8) is 0 Å². The molecule has 0 atom stereocenters. The molecule has 0 saturated carbocycles. The topological polar surface area (TPSA) is 126 Å². The fourth-order valence-electron chi connectivity index (χ4n) is 3.35. The Hall–Kier alpha value is -3.45. The average molecular weight is 469 g/mol. The number of ether oxygens (including phenoxy) is 1. The highest BCUT2D eigenvalue weighted by molar-refractivity contribution is 6.27. The van der Waals surface area contributed by atoms with E-state index in [0.29, 0.717) is 6.42 Å². The maximum absolute atomic E-state index is 9.10. The van der Waals surface area contributed by atoms with Crippen LogP contribution in [0.5, 0.6) is 0 Å². The molecular weight excluding hydrogens is 436 g/mol. The lowest BCUT2D eigenvalue weighted by atomic mass is 10.1. The third kappa shape index (κ3) is 10.0. The lowest BCUT2D eigenvalue weighted by molar-refractivity contribution is -0.159. The number of carbonyl (C=O) groups is 2. The third-order valence-electron chi connectivity index (χ3n) is 5.31. The minimum Gasteiger partial charge on any atom is -0.473 e. The smallest absolute Gasteiger partial charge is 0.414 e. The normalized spacial score (nSPS) is 13.3. The number of carboxylic acid groups (broad SMARTS) is 2. The second-order valence-electron chi connectivity index (χ2n) is 7.91. The van der Waals surface area contributed by atoms with Crippen LogP contribution in [-0.4, -0.2) is 66.9 Å². The minimum absolute atomic E-state index is 0.547. The van der Waals surface area contributed by atoms with Crippen LogP contribution < -0.4 is 10.2 Å². The number of hydrogen-bond donors (Lipinski definition) is 3. The highest BCUT2D eigenvalue weighted by atomic mass is 16.5. The molecule has 1 saturated heterocycles. The van der Waals surface area contributed by atoms with Gasteiger partial charge in [-0.1, -0.05) is 36.4 Å². The molecule has 1 fully saturated rings. The van der Waals surface area contributed by atoms with Gasteiger partial charge in [-0.3, -0.25) is 4.90 Å². The number of hydrogen-bond acceptors (Lipinski definition) is 7. The summed E-state index contributed by atoms with van der Waals surface area (Å²) in [7, 11) is 2.02. The molecule has 0 amide bonds. The van der Waals surface area contributed by atoms with E-state index in [0.717, 1.165) is 58.2 Å². The predicted molar refractivity (Wildman–Crippen MR) is 128 cm³/mol. The highest BCUT2D eigenvalue weighted by Gasteiger charge is 2.10. The van der Waals surface area contributed by atoms with Crippen molar-refractivity contribution in [1.82, 2.24) is 10.2 Å². The Labute approximate surface area is 200 Å².